The zero-order valence-corrected chi connectivity index (χ0v) is 11.6. The van der Waals surface area contributed by atoms with Crippen LogP contribution >= 0.6 is 0 Å². The Morgan fingerprint density at radius 3 is 2.47 bits per heavy atom. The zero-order valence-electron chi connectivity index (χ0n) is 11.6. The Labute approximate surface area is 111 Å². The first-order chi connectivity index (χ1) is 8.70. The summed E-state index contributed by atoms with van der Waals surface area (Å²) in [7, 11) is 0. The molecule has 19 heavy (non-hydrogen) atoms. The Morgan fingerprint density at radius 2 is 1.95 bits per heavy atom. The molecule has 0 radical (unpaired) electrons. The molecule has 1 N–H and O–H groups in total. The quantitative estimate of drug-likeness (QED) is 0.864. The summed E-state index contributed by atoms with van der Waals surface area (Å²) < 4.78 is 47.2. The van der Waals surface area contributed by atoms with Gasteiger partial charge in [-0.05, 0) is 19.9 Å². The molecule has 1 heterocycles. The molecule has 0 amide bonds. The molecular weight excluding hydrogens is 259 g/mol. The van der Waals surface area contributed by atoms with Gasteiger partial charge in [0, 0.05) is 11.6 Å². The van der Waals surface area contributed by atoms with Crippen LogP contribution in [0.25, 0.3) is 0 Å². The normalized spacial score (nSPS) is 14.1. The van der Waals surface area contributed by atoms with Crippen LogP contribution < -0.4 is 5.32 Å². The minimum atomic E-state index is -4.33. The number of alkyl halides is 3. The summed E-state index contributed by atoms with van der Waals surface area (Å²) >= 11 is 0. The molecule has 0 aromatic carbocycles. The molecule has 0 saturated heterocycles. The van der Waals surface area contributed by atoms with E-state index in [4.69, 9.17) is 9.15 Å². The van der Waals surface area contributed by atoms with Gasteiger partial charge in [0.15, 0.2) is 6.10 Å². The molecule has 0 aliphatic rings. The number of nitrogens with one attached hydrogen (secondary N) is 1. The van der Waals surface area contributed by atoms with Crippen LogP contribution in [0.4, 0.5) is 13.2 Å². The van der Waals surface area contributed by atoms with Crippen molar-refractivity contribution in [3.05, 3.63) is 23.2 Å². The molecule has 0 saturated carbocycles. The lowest BCUT2D eigenvalue weighted by Crippen LogP contribution is -2.28. The standard InChI is InChI=1S/C13H20F3NO2/c1-8(2)17-6-12-5-11(9(3)19-12)7-18-10(4)13(14,15)16/h5,8,10,17H,6-7H2,1-4H3. The first kappa shape index (κ1) is 16.0. The average Bonchev–Trinajstić information content (AvgIpc) is 2.63. The third kappa shape index (κ3) is 5.24. The first-order valence-electron chi connectivity index (χ1n) is 6.20. The van der Waals surface area contributed by atoms with Gasteiger partial charge in [0.1, 0.15) is 11.5 Å². The van der Waals surface area contributed by atoms with Crippen LogP contribution in [0.5, 0.6) is 0 Å². The monoisotopic (exact) mass is 279 g/mol. The molecule has 1 aromatic heterocycles. The Hall–Kier alpha value is -1.01. The number of halogens is 3. The van der Waals surface area contributed by atoms with Crippen LogP contribution in [-0.4, -0.2) is 18.3 Å². The summed E-state index contributed by atoms with van der Waals surface area (Å²) in [6, 6.07) is 2.05. The Morgan fingerprint density at radius 1 is 1.32 bits per heavy atom. The second-order valence-corrected chi connectivity index (χ2v) is 4.82. The second kappa shape index (κ2) is 6.43. The number of furan rings is 1. The summed E-state index contributed by atoms with van der Waals surface area (Å²) in [5.41, 5.74) is 0.650. The smallest absolute Gasteiger partial charge is 0.414 e. The molecule has 3 nitrogen and oxygen atoms in total. The topological polar surface area (TPSA) is 34.4 Å². The van der Waals surface area contributed by atoms with Gasteiger partial charge in [0.05, 0.1) is 13.2 Å². The fourth-order valence-corrected chi connectivity index (χ4v) is 1.43. The second-order valence-electron chi connectivity index (χ2n) is 4.82. The highest BCUT2D eigenvalue weighted by Crippen LogP contribution is 2.24. The number of hydrogen-bond donors (Lipinski definition) is 1. The molecule has 1 atom stereocenters. The number of aryl methyl sites for hydroxylation is 1. The fraction of sp³-hybridized carbons (Fsp3) is 0.692. The van der Waals surface area contributed by atoms with Gasteiger partial charge >= 0.3 is 6.18 Å². The van der Waals surface area contributed by atoms with Crippen molar-refractivity contribution in [2.75, 3.05) is 0 Å². The number of ether oxygens (including phenoxy) is 1. The molecule has 1 aromatic rings. The Balaban J connectivity index is 2.55. The van der Waals surface area contributed by atoms with Crippen molar-refractivity contribution >= 4 is 0 Å². The largest absolute Gasteiger partial charge is 0.465 e. The zero-order chi connectivity index (χ0) is 14.6. The molecule has 6 heteroatoms. The maximum absolute atomic E-state index is 12.3. The van der Waals surface area contributed by atoms with Gasteiger partial charge < -0.3 is 14.5 Å². The first-order valence-corrected chi connectivity index (χ1v) is 6.20. The number of rotatable bonds is 6. The van der Waals surface area contributed by atoms with Crippen molar-refractivity contribution in [2.24, 2.45) is 0 Å². The van der Waals surface area contributed by atoms with Gasteiger partial charge in [-0.3, -0.25) is 0 Å². The summed E-state index contributed by atoms with van der Waals surface area (Å²) in [6.45, 7) is 7.17. The van der Waals surface area contributed by atoms with Gasteiger partial charge in [-0.15, -0.1) is 0 Å². The van der Waals surface area contributed by atoms with E-state index in [0.29, 0.717) is 29.7 Å². The average molecular weight is 279 g/mol. The Kier molecular flexibility index (Phi) is 5.43. The summed E-state index contributed by atoms with van der Waals surface area (Å²) in [4.78, 5) is 0. The van der Waals surface area contributed by atoms with Crippen molar-refractivity contribution in [1.82, 2.24) is 5.32 Å². The van der Waals surface area contributed by atoms with E-state index in [0.717, 1.165) is 6.92 Å². The maximum atomic E-state index is 12.3. The van der Waals surface area contributed by atoms with Crippen molar-refractivity contribution < 1.29 is 22.3 Å². The predicted octanol–water partition coefficient (Wildman–Crippen LogP) is 3.55. The molecule has 0 aliphatic heterocycles. The van der Waals surface area contributed by atoms with E-state index in [1.165, 1.54) is 0 Å². The summed E-state index contributed by atoms with van der Waals surface area (Å²) in [5.74, 6) is 1.29. The van der Waals surface area contributed by atoms with Gasteiger partial charge in [-0.2, -0.15) is 13.2 Å². The number of hydrogen-bond acceptors (Lipinski definition) is 3. The lowest BCUT2D eigenvalue weighted by Gasteiger charge is -2.15. The van der Waals surface area contributed by atoms with Gasteiger partial charge in [0.2, 0.25) is 0 Å². The van der Waals surface area contributed by atoms with Crippen LogP contribution in [0.3, 0.4) is 0 Å². The predicted molar refractivity (Wildman–Crippen MR) is 65.7 cm³/mol. The summed E-state index contributed by atoms with van der Waals surface area (Å²) in [5, 5.41) is 3.18. The van der Waals surface area contributed by atoms with Crippen molar-refractivity contribution in [2.45, 2.75) is 59.2 Å². The van der Waals surface area contributed by atoms with Gasteiger partial charge in [-0.25, -0.2) is 0 Å². The summed E-state index contributed by atoms with van der Waals surface area (Å²) in [6.07, 6.45) is -6.11. The maximum Gasteiger partial charge on any atom is 0.414 e. The van der Waals surface area contributed by atoms with E-state index in [2.05, 4.69) is 5.32 Å². The minimum absolute atomic E-state index is 0.0995. The SMILES string of the molecule is Cc1oc(CNC(C)C)cc1COC(C)C(F)(F)F. The molecule has 1 unspecified atom stereocenters. The van der Waals surface area contributed by atoms with E-state index >= 15 is 0 Å². The van der Waals surface area contributed by atoms with Crippen LogP contribution in [-0.2, 0) is 17.9 Å². The lowest BCUT2D eigenvalue weighted by molar-refractivity contribution is -0.217. The van der Waals surface area contributed by atoms with Crippen LogP contribution in [0.1, 0.15) is 37.9 Å². The van der Waals surface area contributed by atoms with Crippen LogP contribution in [0.2, 0.25) is 0 Å². The van der Waals surface area contributed by atoms with E-state index < -0.39 is 12.3 Å². The third-order valence-electron chi connectivity index (χ3n) is 2.71. The van der Waals surface area contributed by atoms with Crippen LogP contribution in [0, 0.1) is 6.92 Å². The lowest BCUT2D eigenvalue weighted by atomic mass is 10.2. The van der Waals surface area contributed by atoms with E-state index in [-0.39, 0.29) is 6.61 Å². The molecular formula is C13H20F3NO2. The van der Waals surface area contributed by atoms with Crippen molar-refractivity contribution in [3.8, 4) is 0 Å². The van der Waals surface area contributed by atoms with Gasteiger partial charge in [-0.1, -0.05) is 13.8 Å². The highest BCUT2D eigenvalue weighted by molar-refractivity contribution is 5.20. The minimum Gasteiger partial charge on any atom is -0.465 e. The van der Waals surface area contributed by atoms with Crippen molar-refractivity contribution in [3.63, 3.8) is 0 Å². The fourth-order valence-electron chi connectivity index (χ4n) is 1.43. The molecule has 0 bridgehead atoms. The van der Waals surface area contributed by atoms with Crippen LogP contribution in [0.15, 0.2) is 10.5 Å². The van der Waals surface area contributed by atoms with E-state index in [9.17, 15) is 13.2 Å². The van der Waals surface area contributed by atoms with E-state index in [1.54, 1.807) is 13.0 Å². The highest BCUT2D eigenvalue weighted by Gasteiger charge is 2.37. The van der Waals surface area contributed by atoms with Crippen molar-refractivity contribution in [1.29, 1.82) is 0 Å². The van der Waals surface area contributed by atoms with E-state index in [1.807, 2.05) is 13.8 Å². The third-order valence-corrected chi connectivity index (χ3v) is 2.71. The molecule has 1 rings (SSSR count). The molecule has 0 spiro atoms. The van der Waals surface area contributed by atoms with Gasteiger partial charge in [0.25, 0.3) is 0 Å². The molecule has 0 aliphatic carbocycles. The highest BCUT2D eigenvalue weighted by atomic mass is 19.4. The molecule has 110 valence electrons. The Bertz CT molecular complexity index is 399. The molecule has 0 fully saturated rings.